The molecule has 0 radical (unpaired) electrons. The Balaban J connectivity index is 2.12. The quantitative estimate of drug-likeness (QED) is 0.673. The van der Waals surface area contributed by atoms with Crippen LogP contribution in [0.3, 0.4) is 0 Å². The first kappa shape index (κ1) is 14.3. The molecule has 2 rings (SSSR count). The van der Waals surface area contributed by atoms with Gasteiger partial charge in [0.1, 0.15) is 5.92 Å². The fraction of sp³-hybridized carbons (Fsp3) is 0.375. The van der Waals surface area contributed by atoms with Crippen molar-refractivity contribution in [1.82, 2.24) is 5.32 Å². The van der Waals surface area contributed by atoms with Crippen molar-refractivity contribution in [2.24, 2.45) is 5.92 Å². The van der Waals surface area contributed by atoms with Gasteiger partial charge in [-0.05, 0) is 43.5 Å². The number of benzene rings is 1. The van der Waals surface area contributed by atoms with Gasteiger partial charge in [-0.15, -0.1) is 6.58 Å². The Labute approximate surface area is 119 Å². The van der Waals surface area contributed by atoms with E-state index < -0.39 is 5.92 Å². The highest BCUT2D eigenvalue weighted by Gasteiger charge is 2.37. The summed E-state index contributed by atoms with van der Waals surface area (Å²) in [5, 5.41) is 2.69. The molecule has 2 amide bonds. The largest absolute Gasteiger partial charge is 0.352 e. The first-order valence-corrected chi connectivity index (χ1v) is 6.82. The van der Waals surface area contributed by atoms with Gasteiger partial charge in [-0.2, -0.15) is 0 Å². The summed E-state index contributed by atoms with van der Waals surface area (Å²) in [5.41, 5.74) is 3.22. The molecule has 1 unspecified atom stereocenters. The Morgan fingerprint density at radius 2 is 2.20 bits per heavy atom. The maximum Gasteiger partial charge on any atom is 0.239 e. The van der Waals surface area contributed by atoms with Crippen molar-refractivity contribution in [2.75, 3.05) is 18.0 Å². The van der Waals surface area contributed by atoms with Crippen molar-refractivity contribution >= 4 is 17.5 Å². The first-order chi connectivity index (χ1) is 9.54. The molecule has 0 aliphatic carbocycles. The molecule has 1 aliphatic rings. The van der Waals surface area contributed by atoms with E-state index in [1.165, 1.54) is 5.56 Å². The molecule has 1 aromatic carbocycles. The molecule has 4 heteroatoms. The Kier molecular flexibility index (Phi) is 4.23. The molecule has 0 spiro atoms. The molecule has 1 saturated heterocycles. The van der Waals surface area contributed by atoms with Crippen LogP contribution in [-0.2, 0) is 9.59 Å². The summed E-state index contributed by atoms with van der Waals surface area (Å²) < 4.78 is 0. The zero-order chi connectivity index (χ0) is 14.7. The van der Waals surface area contributed by atoms with Crippen molar-refractivity contribution in [1.29, 1.82) is 0 Å². The number of rotatable bonds is 4. The van der Waals surface area contributed by atoms with Gasteiger partial charge in [0, 0.05) is 18.8 Å². The number of aryl methyl sites for hydroxylation is 2. The van der Waals surface area contributed by atoms with Crippen LogP contribution in [0.4, 0.5) is 5.69 Å². The highest BCUT2D eigenvalue weighted by Crippen LogP contribution is 2.27. The number of hydrogen-bond acceptors (Lipinski definition) is 2. The number of nitrogens with zero attached hydrogens (tertiary/aromatic N) is 1. The topological polar surface area (TPSA) is 49.4 Å². The zero-order valence-electron chi connectivity index (χ0n) is 12.0. The second-order valence-electron chi connectivity index (χ2n) is 5.13. The first-order valence-electron chi connectivity index (χ1n) is 6.82. The van der Waals surface area contributed by atoms with Gasteiger partial charge in [0.2, 0.25) is 11.8 Å². The Morgan fingerprint density at radius 1 is 1.45 bits per heavy atom. The molecule has 0 aromatic heterocycles. The van der Waals surface area contributed by atoms with Crippen LogP contribution in [0.2, 0.25) is 0 Å². The lowest BCUT2D eigenvalue weighted by Crippen LogP contribution is -2.36. The second kappa shape index (κ2) is 5.90. The summed E-state index contributed by atoms with van der Waals surface area (Å²) in [7, 11) is 0. The van der Waals surface area contributed by atoms with Crippen LogP contribution in [0.25, 0.3) is 0 Å². The number of carbonyl (C=O) groups is 2. The van der Waals surface area contributed by atoms with Gasteiger partial charge in [0.05, 0.1) is 0 Å². The van der Waals surface area contributed by atoms with Crippen molar-refractivity contribution in [2.45, 2.75) is 20.3 Å². The molecular formula is C16H20N2O2. The molecular weight excluding hydrogens is 252 g/mol. The number of hydrogen-bond donors (Lipinski definition) is 1. The van der Waals surface area contributed by atoms with Crippen LogP contribution in [0.1, 0.15) is 17.5 Å². The second-order valence-corrected chi connectivity index (χ2v) is 5.13. The molecule has 106 valence electrons. The van der Waals surface area contributed by atoms with Crippen molar-refractivity contribution in [3.05, 3.63) is 42.0 Å². The van der Waals surface area contributed by atoms with E-state index in [4.69, 9.17) is 0 Å². The van der Waals surface area contributed by atoms with Crippen LogP contribution in [-0.4, -0.2) is 24.9 Å². The SMILES string of the molecule is C=CCNC(=O)C1CCN(c2ccc(C)c(C)c2)C1=O. The summed E-state index contributed by atoms with van der Waals surface area (Å²) in [6.45, 7) is 8.59. The van der Waals surface area contributed by atoms with E-state index in [-0.39, 0.29) is 11.8 Å². The van der Waals surface area contributed by atoms with Gasteiger partial charge in [-0.1, -0.05) is 12.1 Å². The average Bonchev–Trinajstić information content (AvgIpc) is 2.81. The van der Waals surface area contributed by atoms with Crippen LogP contribution >= 0.6 is 0 Å². The van der Waals surface area contributed by atoms with Gasteiger partial charge in [0.25, 0.3) is 0 Å². The van der Waals surface area contributed by atoms with Gasteiger partial charge in [-0.3, -0.25) is 9.59 Å². The van der Waals surface area contributed by atoms with E-state index in [1.54, 1.807) is 11.0 Å². The third-order valence-corrected chi connectivity index (χ3v) is 3.74. The molecule has 1 aliphatic heterocycles. The van der Waals surface area contributed by atoms with Crippen LogP contribution in [0.5, 0.6) is 0 Å². The monoisotopic (exact) mass is 272 g/mol. The van der Waals surface area contributed by atoms with Gasteiger partial charge >= 0.3 is 0 Å². The minimum absolute atomic E-state index is 0.116. The molecule has 4 nitrogen and oxygen atoms in total. The third-order valence-electron chi connectivity index (χ3n) is 3.74. The van der Waals surface area contributed by atoms with E-state index in [1.807, 2.05) is 32.0 Å². The number of nitrogens with one attached hydrogen (secondary N) is 1. The molecule has 1 aromatic rings. The standard InChI is InChI=1S/C16H20N2O2/c1-4-8-17-15(19)14-7-9-18(16(14)20)13-6-5-11(2)12(3)10-13/h4-6,10,14H,1,7-9H2,2-3H3,(H,17,19). The normalized spacial score (nSPS) is 18.2. The van der Waals surface area contributed by atoms with E-state index in [2.05, 4.69) is 11.9 Å². The highest BCUT2D eigenvalue weighted by molar-refractivity contribution is 6.09. The molecule has 0 bridgehead atoms. The maximum absolute atomic E-state index is 12.3. The molecule has 1 heterocycles. The lowest BCUT2D eigenvalue weighted by molar-refractivity contribution is -0.131. The number of carbonyl (C=O) groups excluding carboxylic acids is 2. The number of anilines is 1. The highest BCUT2D eigenvalue weighted by atomic mass is 16.2. The minimum atomic E-state index is -0.573. The summed E-state index contributed by atoms with van der Waals surface area (Å²) >= 11 is 0. The summed E-state index contributed by atoms with van der Waals surface area (Å²) in [5.74, 6) is -0.896. The van der Waals surface area contributed by atoms with E-state index in [0.29, 0.717) is 19.5 Å². The summed E-state index contributed by atoms with van der Waals surface area (Å²) in [6.07, 6.45) is 2.17. The fourth-order valence-electron chi connectivity index (χ4n) is 2.37. The molecule has 1 N–H and O–H groups in total. The fourth-order valence-corrected chi connectivity index (χ4v) is 2.37. The Bertz CT molecular complexity index is 551. The van der Waals surface area contributed by atoms with Crippen molar-refractivity contribution < 1.29 is 9.59 Å². The van der Waals surface area contributed by atoms with E-state index >= 15 is 0 Å². The molecule has 1 fully saturated rings. The number of amides is 2. The molecule has 1 atom stereocenters. The van der Waals surface area contributed by atoms with Gasteiger partial charge in [0.15, 0.2) is 0 Å². The Morgan fingerprint density at radius 3 is 2.85 bits per heavy atom. The summed E-state index contributed by atoms with van der Waals surface area (Å²) in [6, 6.07) is 5.94. The van der Waals surface area contributed by atoms with Crippen molar-refractivity contribution in [3.8, 4) is 0 Å². The lowest BCUT2D eigenvalue weighted by atomic mass is 10.1. The molecule has 0 saturated carbocycles. The van der Waals surface area contributed by atoms with Crippen LogP contribution in [0.15, 0.2) is 30.9 Å². The zero-order valence-corrected chi connectivity index (χ0v) is 12.0. The van der Waals surface area contributed by atoms with Crippen LogP contribution < -0.4 is 10.2 Å². The molecule has 20 heavy (non-hydrogen) atoms. The smallest absolute Gasteiger partial charge is 0.239 e. The van der Waals surface area contributed by atoms with Gasteiger partial charge in [-0.25, -0.2) is 0 Å². The van der Waals surface area contributed by atoms with Crippen LogP contribution in [0, 0.1) is 19.8 Å². The lowest BCUT2D eigenvalue weighted by Gasteiger charge is -2.18. The minimum Gasteiger partial charge on any atom is -0.352 e. The third kappa shape index (κ3) is 2.74. The van der Waals surface area contributed by atoms with E-state index in [0.717, 1.165) is 11.3 Å². The predicted molar refractivity (Wildman–Crippen MR) is 79.6 cm³/mol. The Hall–Kier alpha value is -2.10. The van der Waals surface area contributed by atoms with E-state index in [9.17, 15) is 9.59 Å². The summed E-state index contributed by atoms with van der Waals surface area (Å²) in [4.78, 5) is 26.0. The predicted octanol–water partition coefficient (Wildman–Crippen LogP) is 1.96. The maximum atomic E-state index is 12.3. The average molecular weight is 272 g/mol. The van der Waals surface area contributed by atoms with Crippen molar-refractivity contribution in [3.63, 3.8) is 0 Å². The van der Waals surface area contributed by atoms with Gasteiger partial charge < -0.3 is 10.2 Å².